The van der Waals surface area contributed by atoms with E-state index in [1.807, 2.05) is 20.8 Å². The molecular formula is C11H19NO3. The first kappa shape index (κ1) is 12.0. The predicted octanol–water partition coefficient (Wildman–Crippen LogP) is 1.40. The van der Waals surface area contributed by atoms with Crippen molar-refractivity contribution in [1.29, 1.82) is 0 Å². The molecule has 1 saturated carbocycles. The average Bonchev–Trinajstić information content (AvgIpc) is 1.93. The van der Waals surface area contributed by atoms with E-state index in [0.29, 0.717) is 0 Å². The molecule has 0 heterocycles. The second kappa shape index (κ2) is 4.21. The van der Waals surface area contributed by atoms with Crippen LogP contribution < -0.4 is 5.32 Å². The van der Waals surface area contributed by atoms with Crippen LogP contribution in [-0.4, -0.2) is 23.0 Å². The molecule has 4 heteroatoms. The summed E-state index contributed by atoms with van der Waals surface area (Å²) in [5.41, 5.74) is -0.453. The molecule has 1 rings (SSSR count). The van der Waals surface area contributed by atoms with Gasteiger partial charge < -0.3 is 10.4 Å². The van der Waals surface area contributed by atoms with Crippen molar-refractivity contribution in [3.63, 3.8) is 0 Å². The van der Waals surface area contributed by atoms with Crippen molar-refractivity contribution < 1.29 is 14.7 Å². The van der Waals surface area contributed by atoms with Gasteiger partial charge in [-0.1, -0.05) is 27.2 Å². The summed E-state index contributed by atoms with van der Waals surface area (Å²) in [6.07, 6.45) is 2.86. The van der Waals surface area contributed by atoms with E-state index < -0.39 is 17.4 Å². The maximum Gasteiger partial charge on any atom is 0.326 e. The van der Waals surface area contributed by atoms with Crippen molar-refractivity contribution in [1.82, 2.24) is 5.32 Å². The van der Waals surface area contributed by atoms with E-state index in [1.54, 1.807) is 0 Å². The largest absolute Gasteiger partial charge is 0.480 e. The van der Waals surface area contributed by atoms with Crippen LogP contribution in [0.3, 0.4) is 0 Å². The lowest BCUT2D eigenvalue weighted by atomic mass is 9.82. The van der Waals surface area contributed by atoms with Gasteiger partial charge in [0.15, 0.2) is 0 Å². The van der Waals surface area contributed by atoms with Crippen molar-refractivity contribution >= 4 is 11.9 Å². The Hall–Kier alpha value is -1.06. The molecule has 2 N–H and O–H groups in total. The predicted molar refractivity (Wildman–Crippen MR) is 56.4 cm³/mol. The molecule has 0 aliphatic heterocycles. The summed E-state index contributed by atoms with van der Waals surface area (Å²) >= 11 is 0. The van der Waals surface area contributed by atoms with Gasteiger partial charge in [-0.3, -0.25) is 4.79 Å². The van der Waals surface area contributed by atoms with Gasteiger partial charge in [0.05, 0.1) is 0 Å². The number of carboxylic acid groups (broad SMARTS) is 1. The summed E-state index contributed by atoms with van der Waals surface area (Å²) in [5, 5.41) is 11.6. The third-order valence-electron chi connectivity index (χ3n) is 2.88. The molecule has 0 aromatic heterocycles. The first-order chi connectivity index (χ1) is 6.82. The van der Waals surface area contributed by atoms with Crippen molar-refractivity contribution in [3.8, 4) is 0 Å². The van der Waals surface area contributed by atoms with E-state index in [4.69, 9.17) is 5.11 Å². The normalized spacial score (nSPS) is 19.1. The van der Waals surface area contributed by atoms with Gasteiger partial charge in [0.25, 0.3) is 0 Å². The van der Waals surface area contributed by atoms with Gasteiger partial charge in [-0.15, -0.1) is 0 Å². The summed E-state index contributed by atoms with van der Waals surface area (Å²) in [7, 11) is 0. The Labute approximate surface area is 90.0 Å². The fraction of sp³-hybridized carbons (Fsp3) is 0.818. The molecule has 0 spiro atoms. The molecule has 0 aromatic rings. The van der Waals surface area contributed by atoms with Crippen LogP contribution >= 0.6 is 0 Å². The van der Waals surface area contributed by atoms with Gasteiger partial charge in [-0.25, -0.2) is 4.79 Å². The summed E-state index contributed by atoms with van der Waals surface area (Å²) in [5.74, 6) is -1.03. The summed E-state index contributed by atoms with van der Waals surface area (Å²) < 4.78 is 0. The van der Waals surface area contributed by atoms with Crippen molar-refractivity contribution in [3.05, 3.63) is 0 Å². The van der Waals surface area contributed by atoms with Crippen LogP contribution in [0.5, 0.6) is 0 Å². The van der Waals surface area contributed by atoms with Crippen LogP contribution in [0.4, 0.5) is 0 Å². The number of carbonyl (C=O) groups is 2. The molecular weight excluding hydrogens is 194 g/mol. The Morgan fingerprint density at radius 2 is 1.87 bits per heavy atom. The van der Waals surface area contributed by atoms with Crippen LogP contribution in [0.2, 0.25) is 0 Å². The van der Waals surface area contributed by atoms with Crippen molar-refractivity contribution in [2.45, 2.75) is 46.1 Å². The monoisotopic (exact) mass is 213 g/mol. The number of nitrogens with one attached hydrogen (secondary N) is 1. The van der Waals surface area contributed by atoms with E-state index in [1.165, 1.54) is 0 Å². The van der Waals surface area contributed by atoms with Crippen LogP contribution in [0.1, 0.15) is 40.0 Å². The fourth-order valence-corrected chi connectivity index (χ4v) is 1.58. The van der Waals surface area contributed by atoms with Crippen LogP contribution in [0.15, 0.2) is 0 Å². The van der Waals surface area contributed by atoms with Crippen LogP contribution in [-0.2, 0) is 9.59 Å². The van der Waals surface area contributed by atoms with Gasteiger partial charge in [0.1, 0.15) is 6.04 Å². The molecule has 1 fully saturated rings. The zero-order valence-corrected chi connectivity index (χ0v) is 9.54. The standard InChI is InChI=1S/C11H19NO3/c1-11(2,3)8(10(14)15)12-9(13)7-5-4-6-7/h7-8H,4-6H2,1-3H3,(H,12,13)(H,14,15)/t8-/m0/s1. The zero-order chi connectivity index (χ0) is 11.6. The summed E-state index contributed by atoms with van der Waals surface area (Å²) in [6, 6.07) is -0.800. The van der Waals surface area contributed by atoms with Gasteiger partial charge in [-0.2, -0.15) is 0 Å². The van der Waals surface area contributed by atoms with Gasteiger partial charge in [0, 0.05) is 5.92 Å². The molecule has 0 bridgehead atoms. The molecule has 4 nitrogen and oxygen atoms in total. The molecule has 86 valence electrons. The maximum atomic E-state index is 11.6. The molecule has 0 radical (unpaired) electrons. The quantitative estimate of drug-likeness (QED) is 0.744. The lowest BCUT2D eigenvalue weighted by Crippen LogP contribution is -2.51. The first-order valence-electron chi connectivity index (χ1n) is 5.35. The highest BCUT2D eigenvalue weighted by atomic mass is 16.4. The van der Waals surface area contributed by atoms with E-state index in [-0.39, 0.29) is 11.8 Å². The number of hydrogen-bond acceptors (Lipinski definition) is 2. The topological polar surface area (TPSA) is 66.4 Å². The Morgan fingerprint density at radius 1 is 1.33 bits per heavy atom. The van der Waals surface area contributed by atoms with E-state index in [0.717, 1.165) is 19.3 Å². The Balaban J connectivity index is 2.58. The molecule has 0 aromatic carbocycles. The number of rotatable bonds is 3. The lowest BCUT2D eigenvalue weighted by molar-refractivity contribution is -0.146. The lowest BCUT2D eigenvalue weighted by Gasteiger charge is -2.31. The minimum absolute atomic E-state index is 0.0363. The number of carboxylic acids is 1. The Kier molecular flexibility index (Phi) is 3.37. The second-order valence-corrected chi connectivity index (χ2v) is 5.27. The third-order valence-corrected chi connectivity index (χ3v) is 2.88. The SMILES string of the molecule is CC(C)(C)[C@@H](NC(=O)C1CCC1)C(=O)O. The van der Waals surface area contributed by atoms with Gasteiger partial charge in [0.2, 0.25) is 5.91 Å². The highest BCUT2D eigenvalue weighted by Crippen LogP contribution is 2.27. The highest BCUT2D eigenvalue weighted by molar-refractivity contribution is 5.85. The van der Waals surface area contributed by atoms with E-state index in [9.17, 15) is 9.59 Å². The summed E-state index contributed by atoms with van der Waals surface area (Å²) in [4.78, 5) is 22.6. The van der Waals surface area contributed by atoms with Gasteiger partial charge in [-0.05, 0) is 18.3 Å². The third kappa shape index (κ3) is 2.94. The number of aliphatic carboxylic acids is 1. The molecule has 1 amide bonds. The first-order valence-corrected chi connectivity index (χ1v) is 5.35. The zero-order valence-electron chi connectivity index (χ0n) is 9.54. The van der Waals surface area contributed by atoms with E-state index in [2.05, 4.69) is 5.32 Å². The van der Waals surface area contributed by atoms with Crippen LogP contribution in [0.25, 0.3) is 0 Å². The second-order valence-electron chi connectivity index (χ2n) is 5.27. The minimum atomic E-state index is -0.963. The number of amides is 1. The molecule has 0 unspecified atom stereocenters. The van der Waals surface area contributed by atoms with Crippen LogP contribution in [0, 0.1) is 11.3 Å². The molecule has 15 heavy (non-hydrogen) atoms. The highest BCUT2D eigenvalue weighted by Gasteiger charge is 2.35. The molecule has 0 saturated heterocycles. The van der Waals surface area contributed by atoms with E-state index >= 15 is 0 Å². The molecule has 1 aliphatic rings. The Morgan fingerprint density at radius 3 is 2.13 bits per heavy atom. The number of hydrogen-bond donors (Lipinski definition) is 2. The number of carbonyl (C=O) groups excluding carboxylic acids is 1. The summed E-state index contributed by atoms with van der Waals surface area (Å²) in [6.45, 7) is 5.44. The van der Waals surface area contributed by atoms with Crippen molar-refractivity contribution in [2.24, 2.45) is 11.3 Å². The fourth-order valence-electron chi connectivity index (χ4n) is 1.58. The molecule has 1 aliphatic carbocycles. The van der Waals surface area contributed by atoms with Gasteiger partial charge >= 0.3 is 5.97 Å². The van der Waals surface area contributed by atoms with Crippen molar-refractivity contribution in [2.75, 3.05) is 0 Å². The minimum Gasteiger partial charge on any atom is -0.480 e. The smallest absolute Gasteiger partial charge is 0.326 e. The Bertz CT molecular complexity index is 263. The molecule has 1 atom stereocenters. The average molecular weight is 213 g/mol. The maximum absolute atomic E-state index is 11.6.